The number of esters is 1. The average molecular weight is 233 g/mol. The number of rotatable bonds is 0. The molecular formula is C9H13BrO2. The molecule has 0 spiro atoms. The lowest BCUT2D eigenvalue weighted by Crippen LogP contribution is -2.40. The lowest BCUT2D eigenvalue weighted by atomic mass is 9.82. The van der Waals surface area contributed by atoms with Crippen LogP contribution in [-0.2, 0) is 9.53 Å². The third-order valence-corrected chi connectivity index (χ3v) is 3.62. The van der Waals surface area contributed by atoms with Gasteiger partial charge in [-0.05, 0) is 31.6 Å². The van der Waals surface area contributed by atoms with Crippen LogP contribution in [0.5, 0.6) is 0 Å². The standard InChI is InChI=1S/C9H13BrO2/c10-7-5-6-3-1-2-4-8(6)12-9(7)11/h6-8H,1-5H2/t6-,7-,8-/m1/s1. The molecule has 0 aromatic heterocycles. The Labute approximate surface area is 80.8 Å². The molecule has 0 radical (unpaired) electrons. The molecule has 1 aliphatic carbocycles. The van der Waals surface area contributed by atoms with Gasteiger partial charge in [0.15, 0.2) is 0 Å². The van der Waals surface area contributed by atoms with Crippen molar-refractivity contribution in [1.82, 2.24) is 0 Å². The van der Waals surface area contributed by atoms with E-state index < -0.39 is 0 Å². The number of carbonyl (C=O) groups excluding carboxylic acids is 1. The second-order valence-electron chi connectivity index (χ2n) is 3.72. The van der Waals surface area contributed by atoms with Gasteiger partial charge in [0.25, 0.3) is 0 Å². The fourth-order valence-electron chi connectivity index (χ4n) is 2.18. The first-order valence-electron chi connectivity index (χ1n) is 4.62. The maximum atomic E-state index is 11.2. The Hall–Kier alpha value is -0.0500. The first-order chi connectivity index (χ1) is 5.77. The fourth-order valence-corrected chi connectivity index (χ4v) is 2.77. The zero-order chi connectivity index (χ0) is 8.55. The largest absolute Gasteiger partial charge is 0.461 e. The molecule has 2 nitrogen and oxygen atoms in total. The number of carbonyl (C=O) groups is 1. The normalized spacial score (nSPS) is 41.8. The predicted molar refractivity (Wildman–Crippen MR) is 49.2 cm³/mol. The van der Waals surface area contributed by atoms with E-state index in [9.17, 15) is 4.79 Å². The molecule has 68 valence electrons. The molecule has 1 saturated carbocycles. The Morgan fingerprint density at radius 1 is 1.33 bits per heavy atom. The van der Waals surface area contributed by atoms with Crippen LogP contribution < -0.4 is 0 Å². The van der Waals surface area contributed by atoms with Crippen molar-refractivity contribution in [3.8, 4) is 0 Å². The van der Waals surface area contributed by atoms with Crippen LogP contribution in [0, 0.1) is 5.92 Å². The summed E-state index contributed by atoms with van der Waals surface area (Å²) in [5, 5.41) is 0. The van der Waals surface area contributed by atoms with Crippen LogP contribution in [0.15, 0.2) is 0 Å². The van der Waals surface area contributed by atoms with Crippen LogP contribution in [0.1, 0.15) is 32.1 Å². The molecule has 0 N–H and O–H groups in total. The van der Waals surface area contributed by atoms with Crippen molar-refractivity contribution in [3.63, 3.8) is 0 Å². The lowest BCUT2D eigenvalue weighted by molar-refractivity contribution is -0.159. The Balaban J connectivity index is 2.02. The van der Waals surface area contributed by atoms with E-state index in [1.165, 1.54) is 19.3 Å². The second-order valence-corrected chi connectivity index (χ2v) is 4.83. The van der Waals surface area contributed by atoms with E-state index in [-0.39, 0.29) is 16.9 Å². The van der Waals surface area contributed by atoms with Crippen molar-refractivity contribution in [1.29, 1.82) is 0 Å². The summed E-state index contributed by atoms with van der Waals surface area (Å²) in [6.45, 7) is 0. The Morgan fingerprint density at radius 2 is 2.08 bits per heavy atom. The van der Waals surface area contributed by atoms with Gasteiger partial charge in [0.1, 0.15) is 10.9 Å². The summed E-state index contributed by atoms with van der Waals surface area (Å²) >= 11 is 3.34. The maximum absolute atomic E-state index is 11.2. The maximum Gasteiger partial charge on any atom is 0.320 e. The molecule has 2 rings (SSSR count). The van der Waals surface area contributed by atoms with Crippen LogP contribution in [0.4, 0.5) is 0 Å². The third kappa shape index (κ3) is 1.51. The third-order valence-electron chi connectivity index (χ3n) is 2.87. The van der Waals surface area contributed by atoms with Crippen LogP contribution in [0.3, 0.4) is 0 Å². The Morgan fingerprint density at radius 3 is 2.92 bits per heavy atom. The summed E-state index contributed by atoms with van der Waals surface area (Å²) in [5.41, 5.74) is 0. The highest BCUT2D eigenvalue weighted by molar-refractivity contribution is 9.10. The lowest BCUT2D eigenvalue weighted by Gasteiger charge is -2.36. The summed E-state index contributed by atoms with van der Waals surface area (Å²) in [5.74, 6) is 0.568. The van der Waals surface area contributed by atoms with Crippen molar-refractivity contribution in [2.75, 3.05) is 0 Å². The highest BCUT2D eigenvalue weighted by Gasteiger charge is 2.37. The summed E-state index contributed by atoms with van der Waals surface area (Å²) < 4.78 is 5.32. The molecule has 0 aromatic carbocycles. The molecule has 1 saturated heterocycles. The van der Waals surface area contributed by atoms with Gasteiger partial charge >= 0.3 is 5.97 Å². The SMILES string of the molecule is O=C1O[C@@H]2CCCC[C@@H]2C[C@H]1Br. The van der Waals surface area contributed by atoms with Gasteiger partial charge in [0.2, 0.25) is 0 Å². The van der Waals surface area contributed by atoms with Crippen molar-refractivity contribution in [3.05, 3.63) is 0 Å². The highest BCUT2D eigenvalue weighted by atomic mass is 79.9. The van der Waals surface area contributed by atoms with Crippen LogP contribution >= 0.6 is 15.9 Å². The van der Waals surface area contributed by atoms with Gasteiger partial charge in [-0.15, -0.1) is 0 Å². The van der Waals surface area contributed by atoms with E-state index >= 15 is 0 Å². The van der Waals surface area contributed by atoms with Crippen LogP contribution in [0.25, 0.3) is 0 Å². The molecular weight excluding hydrogens is 220 g/mol. The minimum Gasteiger partial charge on any atom is -0.461 e. The molecule has 2 aliphatic rings. The Kier molecular flexibility index (Phi) is 2.40. The molecule has 0 aromatic rings. The van der Waals surface area contributed by atoms with E-state index in [4.69, 9.17) is 4.74 Å². The summed E-state index contributed by atoms with van der Waals surface area (Å²) in [7, 11) is 0. The van der Waals surface area contributed by atoms with Crippen molar-refractivity contribution < 1.29 is 9.53 Å². The molecule has 2 fully saturated rings. The minimum absolute atomic E-state index is 0.0446. The molecule has 3 heteroatoms. The second kappa shape index (κ2) is 3.36. The summed E-state index contributed by atoms with van der Waals surface area (Å²) in [6, 6.07) is 0. The molecule has 1 heterocycles. The molecule has 0 amide bonds. The average Bonchev–Trinajstić information content (AvgIpc) is 2.07. The van der Waals surface area contributed by atoms with Crippen LogP contribution in [-0.4, -0.2) is 16.9 Å². The summed E-state index contributed by atoms with van der Waals surface area (Å²) in [4.78, 5) is 11.1. The van der Waals surface area contributed by atoms with Crippen LogP contribution in [0.2, 0.25) is 0 Å². The van der Waals surface area contributed by atoms with E-state index in [0.717, 1.165) is 12.8 Å². The fraction of sp³-hybridized carbons (Fsp3) is 0.889. The van der Waals surface area contributed by atoms with Crippen molar-refractivity contribution in [2.45, 2.75) is 43.0 Å². The monoisotopic (exact) mass is 232 g/mol. The van der Waals surface area contributed by atoms with Gasteiger partial charge in [-0.1, -0.05) is 22.4 Å². The quantitative estimate of drug-likeness (QED) is 0.473. The molecule has 1 aliphatic heterocycles. The highest BCUT2D eigenvalue weighted by Crippen LogP contribution is 2.35. The Bertz CT molecular complexity index is 193. The van der Waals surface area contributed by atoms with Gasteiger partial charge in [-0.3, -0.25) is 4.79 Å². The number of halogens is 1. The number of fused-ring (bicyclic) bond motifs is 1. The van der Waals surface area contributed by atoms with Gasteiger partial charge in [-0.2, -0.15) is 0 Å². The van der Waals surface area contributed by atoms with E-state index in [0.29, 0.717) is 5.92 Å². The van der Waals surface area contributed by atoms with Gasteiger partial charge in [-0.25, -0.2) is 0 Å². The zero-order valence-corrected chi connectivity index (χ0v) is 8.55. The number of hydrogen-bond donors (Lipinski definition) is 0. The van der Waals surface area contributed by atoms with Gasteiger partial charge < -0.3 is 4.74 Å². The number of hydrogen-bond acceptors (Lipinski definition) is 2. The first kappa shape index (κ1) is 8.54. The van der Waals surface area contributed by atoms with Gasteiger partial charge in [0.05, 0.1) is 0 Å². The van der Waals surface area contributed by atoms with Crippen molar-refractivity contribution in [2.24, 2.45) is 5.92 Å². The molecule has 12 heavy (non-hydrogen) atoms. The van der Waals surface area contributed by atoms with E-state index in [2.05, 4.69) is 15.9 Å². The smallest absolute Gasteiger partial charge is 0.320 e. The molecule has 0 bridgehead atoms. The van der Waals surface area contributed by atoms with Gasteiger partial charge in [0, 0.05) is 0 Å². The first-order valence-corrected chi connectivity index (χ1v) is 5.53. The number of ether oxygens (including phenoxy) is 1. The number of alkyl halides is 1. The molecule has 0 unspecified atom stereocenters. The zero-order valence-electron chi connectivity index (χ0n) is 6.96. The summed E-state index contributed by atoms with van der Waals surface area (Å²) in [6.07, 6.45) is 6.06. The van der Waals surface area contributed by atoms with E-state index in [1.54, 1.807) is 0 Å². The van der Waals surface area contributed by atoms with Crippen molar-refractivity contribution >= 4 is 21.9 Å². The predicted octanol–water partition coefficient (Wildman–Crippen LogP) is 2.26. The minimum atomic E-state index is -0.0573. The molecule has 3 atom stereocenters. The van der Waals surface area contributed by atoms with E-state index in [1.807, 2.05) is 0 Å². The topological polar surface area (TPSA) is 26.3 Å².